The summed E-state index contributed by atoms with van der Waals surface area (Å²) in [4.78, 5) is 28.5. The predicted molar refractivity (Wildman–Crippen MR) is 102 cm³/mol. The molecule has 0 N–H and O–H groups in total. The van der Waals surface area contributed by atoms with Gasteiger partial charge in [-0.3, -0.25) is 0 Å². The van der Waals surface area contributed by atoms with Gasteiger partial charge in [0.15, 0.2) is 5.75 Å². The smallest absolute Gasteiger partial charge is 0.344 e. The van der Waals surface area contributed by atoms with Crippen molar-refractivity contribution >= 4 is 23.5 Å². The quantitative estimate of drug-likeness (QED) is 0.608. The Bertz CT molecular complexity index is 1020. The average Bonchev–Trinajstić information content (AvgIpc) is 2.64. The number of aromatic nitrogens is 1. The first-order valence-corrected chi connectivity index (χ1v) is 8.53. The van der Waals surface area contributed by atoms with Crippen molar-refractivity contribution < 1.29 is 19.1 Å². The van der Waals surface area contributed by atoms with Gasteiger partial charge in [-0.1, -0.05) is 47.0 Å². The number of esters is 2. The third-order valence-corrected chi connectivity index (χ3v) is 3.99. The summed E-state index contributed by atoms with van der Waals surface area (Å²) < 4.78 is 10.6. The average molecular weight is 382 g/mol. The van der Waals surface area contributed by atoms with Crippen LogP contribution in [0.15, 0.2) is 60.8 Å². The Kier molecular flexibility index (Phi) is 5.52. The molecule has 0 saturated heterocycles. The first-order valence-electron chi connectivity index (χ1n) is 8.15. The van der Waals surface area contributed by atoms with Crippen LogP contribution < -0.4 is 9.47 Å². The third kappa shape index (κ3) is 4.71. The predicted octanol–water partition coefficient (Wildman–Crippen LogP) is 4.79. The van der Waals surface area contributed by atoms with Gasteiger partial charge in [-0.25, -0.2) is 14.6 Å². The molecule has 1 heterocycles. The van der Waals surface area contributed by atoms with Crippen LogP contribution in [0.4, 0.5) is 0 Å². The van der Waals surface area contributed by atoms with E-state index in [4.69, 9.17) is 21.1 Å². The first kappa shape index (κ1) is 18.6. The van der Waals surface area contributed by atoms with Gasteiger partial charge in [0.05, 0.1) is 17.3 Å². The van der Waals surface area contributed by atoms with E-state index >= 15 is 0 Å². The van der Waals surface area contributed by atoms with Gasteiger partial charge in [-0.15, -0.1) is 0 Å². The number of hydrogen-bond acceptors (Lipinski definition) is 5. The van der Waals surface area contributed by atoms with Crippen molar-refractivity contribution in [1.29, 1.82) is 0 Å². The number of aryl methyl sites for hydroxylation is 2. The molecule has 2 aromatic carbocycles. The highest BCUT2D eigenvalue weighted by Gasteiger charge is 2.15. The van der Waals surface area contributed by atoms with Crippen LogP contribution in [0.5, 0.6) is 11.6 Å². The van der Waals surface area contributed by atoms with Gasteiger partial charge in [0, 0.05) is 6.07 Å². The molecule has 6 heteroatoms. The van der Waals surface area contributed by atoms with Crippen LogP contribution in [0.25, 0.3) is 0 Å². The van der Waals surface area contributed by atoms with Crippen molar-refractivity contribution in [3.63, 3.8) is 0 Å². The second kappa shape index (κ2) is 8.01. The molecule has 27 heavy (non-hydrogen) atoms. The van der Waals surface area contributed by atoms with Crippen molar-refractivity contribution in [2.45, 2.75) is 13.8 Å². The van der Waals surface area contributed by atoms with Gasteiger partial charge in [-0.2, -0.15) is 0 Å². The third-order valence-electron chi connectivity index (χ3n) is 3.70. The second-order valence-electron chi connectivity index (χ2n) is 5.97. The van der Waals surface area contributed by atoms with Crippen LogP contribution in [0, 0.1) is 13.8 Å². The van der Waals surface area contributed by atoms with E-state index in [1.165, 1.54) is 12.3 Å². The SMILES string of the molecule is Cc1cccc(C(=O)Oc2cc(OC(=O)c3cccc(C)c3)c(Cl)cn2)c1. The van der Waals surface area contributed by atoms with Gasteiger partial charge in [0.1, 0.15) is 5.02 Å². The molecule has 3 aromatic rings. The highest BCUT2D eigenvalue weighted by molar-refractivity contribution is 6.32. The van der Waals surface area contributed by atoms with Crippen LogP contribution in [0.3, 0.4) is 0 Å². The minimum absolute atomic E-state index is 0.0158. The van der Waals surface area contributed by atoms with Gasteiger partial charge in [-0.05, 0) is 38.1 Å². The molecule has 3 rings (SSSR count). The fourth-order valence-corrected chi connectivity index (χ4v) is 2.53. The van der Waals surface area contributed by atoms with Crippen molar-refractivity contribution in [2.75, 3.05) is 0 Å². The summed E-state index contributed by atoms with van der Waals surface area (Å²) >= 11 is 6.05. The Morgan fingerprint density at radius 2 is 1.41 bits per heavy atom. The summed E-state index contributed by atoms with van der Waals surface area (Å²) in [5.74, 6) is -1.09. The molecule has 0 aliphatic heterocycles. The van der Waals surface area contributed by atoms with Gasteiger partial charge in [0.2, 0.25) is 5.88 Å². The molecule has 0 aliphatic rings. The molecule has 0 fully saturated rings. The lowest BCUT2D eigenvalue weighted by Crippen LogP contribution is -2.11. The monoisotopic (exact) mass is 381 g/mol. The van der Waals surface area contributed by atoms with Crippen molar-refractivity contribution in [1.82, 2.24) is 4.98 Å². The molecule has 0 unspecified atom stereocenters. The highest BCUT2D eigenvalue weighted by Crippen LogP contribution is 2.28. The van der Waals surface area contributed by atoms with E-state index in [1.54, 1.807) is 36.4 Å². The van der Waals surface area contributed by atoms with E-state index in [1.807, 2.05) is 26.0 Å². The Labute approximate surface area is 161 Å². The maximum Gasteiger partial charge on any atom is 0.344 e. The minimum atomic E-state index is -0.567. The Morgan fingerprint density at radius 1 is 0.852 bits per heavy atom. The van der Waals surface area contributed by atoms with E-state index in [0.29, 0.717) is 11.1 Å². The molecule has 1 aromatic heterocycles. The summed E-state index contributed by atoms with van der Waals surface area (Å²) in [6, 6.07) is 15.3. The first-order chi connectivity index (χ1) is 12.9. The lowest BCUT2D eigenvalue weighted by Gasteiger charge is -2.09. The summed E-state index contributed by atoms with van der Waals surface area (Å²) in [6.45, 7) is 3.75. The number of carbonyl (C=O) groups excluding carboxylic acids is 2. The molecular weight excluding hydrogens is 366 g/mol. The van der Waals surface area contributed by atoms with Crippen LogP contribution in [-0.2, 0) is 0 Å². The lowest BCUT2D eigenvalue weighted by molar-refractivity contribution is 0.0726. The zero-order chi connectivity index (χ0) is 19.4. The Hall–Kier alpha value is -3.18. The van der Waals surface area contributed by atoms with E-state index < -0.39 is 11.9 Å². The lowest BCUT2D eigenvalue weighted by atomic mass is 10.1. The maximum absolute atomic E-state index is 12.3. The topological polar surface area (TPSA) is 65.5 Å². The molecule has 0 atom stereocenters. The molecule has 5 nitrogen and oxygen atoms in total. The summed E-state index contributed by atoms with van der Waals surface area (Å²) in [7, 11) is 0. The number of carbonyl (C=O) groups is 2. The van der Waals surface area contributed by atoms with Gasteiger partial charge in [0.25, 0.3) is 0 Å². The highest BCUT2D eigenvalue weighted by atomic mass is 35.5. The van der Waals surface area contributed by atoms with Crippen LogP contribution in [-0.4, -0.2) is 16.9 Å². The number of hydrogen-bond donors (Lipinski definition) is 0. The van der Waals surface area contributed by atoms with Crippen LogP contribution in [0.2, 0.25) is 5.02 Å². The van der Waals surface area contributed by atoms with Crippen molar-refractivity contribution in [2.24, 2.45) is 0 Å². The number of pyridine rings is 1. The molecular formula is C21H16ClNO4. The fraction of sp³-hybridized carbons (Fsp3) is 0.0952. The molecule has 0 aliphatic carbocycles. The minimum Gasteiger partial charge on any atom is -0.421 e. The Morgan fingerprint density at radius 3 is 1.96 bits per heavy atom. The largest absolute Gasteiger partial charge is 0.421 e. The molecule has 0 saturated carbocycles. The van der Waals surface area contributed by atoms with Crippen molar-refractivity contribution in [3.05, 3.63) is 88.1 Å². The number of nitrogens with zero attached hydrogens (tertiary/aromatic N) is 1. The van der Waals surface area contributed by atoms with Crippen LogP contribution in [0.1, 0.15) is 31.8 Å². The zero-order valence-corrected chi connectivity index (χ0v) is 15.5. The standard InChI is InChI=1S/C21H16ClNO4/c1-13-5-3-7-15(9-13)20(24)26-18-11-19(23-12-17(18)22)27-21(25)16-8-4-6-14(2)10-16/h3-12H,1-2H3. The number of rotatable bonds is 4. The van der Waals surface area contributed by atoms with E-state index in [-0.39, 0.29) is 16.7 Å². The normalized spacial score (nSPS) is 10.3. The van der Waals surface area contributed by atoms with E-state index in [0.717, 1.165) is 11.1 Å². The summed E-state index contributed by atoms with van der Waals surface area (Å²) in [5.41, 5.74) is 2.64. The molecule has 0 amide bonds. The number of benzene rings is 2. The molecule has 136 valence electrons. The van der Waals surface area contributed by atoms with Crippen LogP contribution >= 0.6 is 11.6 Å². The molecule has 0 spiro atoms. The summed E-state index contributed by atoms with van der Waals surface area (Å²) in [5, 5.41) is 0.131. The number of ether oxygens (including phenoxy) is 2. The molecule has 0 radical (unpaired) electrons. The van der Waals surface area contributed by atoms with E-state index in [9.17, 15) is 9.59 Å². The van der Waals surface area contributed by atoms with Gasteiger partial charge >= 0.3 is 11.9 Å². The number of halogens is 1. The van der Waals surface area contributed by atoms with Gasteiger partial charge < -0.3 is 9.47 Å². The fourth-order valence-electron chi connectivity index (χ4n) is 2.39. The van der Waals surface area contributed by atoms with Crippen molar-refractivity contribution in [3.8, 4) is 11.6 Å². The second-order valence-corrected chi connectivity index (χ2v) is 6.38. The summed E-state index contributed by atoms with van der Waals surface area (Å²) in [6.07, 6.45) is 1.26. The maximum atomic E-state index is 12.3. The zero-order valence-electron chi connectivity index (χ0n) is 14.7. The molecule has 0 bridgehead atoms. The van der Waals surface area contributed by atoms with E-state index in [2.05, 4.69) is 4.98 Å². The Balaban J connectivity index is 1.78.